The van der Waals surface area contributed by atoms with E-state index in [4.69, 9.17) is 16.6 Å². The first kappa shape index (κ1) is 22.4. The number of nitro benzene ring substituents is 1. The molecule has 0 saturated carbocycles. The van der Waals surface area contributed by atoms with Crippen LogP contribution in [-0.4, -0.2) is 31.1 Å². The van der Waals surface area contributed by atoms with Gasteiger partial charge in [0.05, 0.1) is 9.83 Å². The Hall–Kier alpha value is -3.76. The number of hydrogen-bond donors (Lipinski definition) is 1. The average Bonchev–Trinajstić information content (AvgIpc) is 3.35. The minimum absolute atomic E-state index is 0.0213. The fraction of sp³-hybridized carbons (Fsp3) is 0.0870. The number of carbonyl (C=O) groups is 2. The third-order valence-electron chi connectivity index (χ3n) is 5.02. The molecule has 4 rings (SSSR count). The summed E-state index contributed by atoms with van der Waals surface area (Å²) >= 11 is 6.30. The Morgan fingerprint density at radius 3 is 2.61 bits per heavy atom. The topological polar surface area (TPSA) is 114 Å². The molecular weight excluding hydrogens is 464 g/mol. The Morgan fingerprint density at radius 2 is 1.94 bits per heavy atom. The van der Waals surface area contributed by atoms with Crippen LogP contribution in [0, 0.1) is 17.0 Å². The lowest BCUT2D eigenvalue weighted by molar-refractivity contribution is -0.385. The molecule has 8 nitrogen and oxygen atoms in total. The van der Waals surface area contributed by atoms with E-state index in [0.717, 1.165) is 16.7 Å². The van der Waals surface area contributed by atoms with Gasteiger partial charge in [0, 0.05) is 23.3 Å². The van der Waals surface area contributed by atoms with E-state index in [1.54, 1.807) is 61.5 Å². The molecule has 0 radical (unpaired) electrons. The van der Waals surface area contributed by atoms with Gasteiger partial charge in [-0.25, -0.2) is 4.79 Å². The Bertz CT molecular complexity index is 1320. The number of nitro groups is 1. The van der Waals surface area contributed by atoms with Crippen molar-refractivity contribution in [1.82, 2.24) is 4.90 Å². The zero-order chi connectivity index (χ0) is 23.7. The molecule has 1 aromatic heterocycles. The predicted molar refractivity (Wildman–Crippen MR) is 127 cm³/mol. The Labute approximate surface area is 197 Å². The normalized spacial score (nSPS) is 15.8. The van der Waals surface area contributed by atoms with Crippen LogP contribution in [-0.2, 0) is 9.59 Å². The van der Waals surface area contributed by atoms with Gasteiger partial charge in [-0.1, -0.05) is 66.4 Å². The second-order valence-corrected chi connectivity index (χ2v) is 8.84. The van der Waals surface area contributed by atoms with Gasteiger partial charge < -0.3 is 9.52 Å². The number of nitrogens with zero attached hydrogens (tertiary/aromatic N) is 2. The van der Waals surface area contributed by atoms with Crippen molar-refractivity contribution in [2.45, 2.75) is 13.0 Å². The lowest BCUT2D eigenvalue weighted by Crippen LogP contribution is -2.37. The second kappa shape index (κ2) is 9.00. The van der Waals surface area contributed by atoms with Crippen LogP contribution in [0.25, 0.3) is 17.4 Å². The van der Waals surface area contributed by atoms with Crippen molar-refractivity contribution in [2.24, 2.45) is 0 Å². The number of benzene rings is 2. The smallest absolute Gasteiger partial charge is 0.331 e. The summed E-state index contributed by atoms with van der Waals surface area (Å²) in [5.74, 6) is -1.00. The Morgan fingerprint density at radius 1 is 1.21 bits per heavy atom. The van der Waals surface area contributed by atoms with Gasteiger partial charge in [-0.3, -0.25) is 19.8 Å². The molecule has 0 spiro atoms. The molecule has 1 aliphatic heterocycles. The average molecular weight is 481 g/mol. The fourth-order valence-electron chi connectivity index (χ4n) is 3.41. The van der Waals surface area contributed by atoms with Crippen LogP contribution in [0.15, 0.2) is 70.0 Å². The Balaban J connectivity index is 1.63. The first-order chi connectivity index (χ1) is 15.8. The molecule has 1 saturated heterocycles. The van der Waals surface area contributed by atoms with Gasteiger partial charge in [-0.2, -0.15) is 0 Å². The zero-order valence-electron chi connectivity index (χ0n) is 17.1. The van der Waals surface area contributed by atoms with Crippen molar-refractivity contribution < 1.29 is 24.0 Å². The van der Waals surface area contributed by atoms with E-state index in [1.165, 1.54) is 12.1 Å². The molecule has 10 heteroatoms. The van der Waals surface area contributed by atoms with Crippen LogP contribution >= 0.6 is 24.0 Å². The molecule has 166 valence electrons. The van der Waals surface area contributed by atoms with Crippen LogP contribution in [0.2, 0.25) is 0 Å². The first-order valence-electron chi connectivity index (χ1n) is 9.66. The highest BCUT2D eigenvalue weighted by atomic mass is 32.2. The highest BCUT2D eigenvalue weighted by Crippen LogP contribution is 2.39. The van der Waals surface area contributed by atoms with Crippen LogP contribution < -0.4 is 0 Å². The van der Waals surface area contributed by atoms with Crippen LogP contribution in [0.3, 0.4) is 0 Å². The highest BCUT2D eigenvalue weighted by Gasteiger charge is 2.41. The Kier molecular flexibility index (Phi) is 6.12. The van der Waals surface area contributed by atoms with Gasteiger partial charge in [0.25, 0.3) is 11.6 Å². The number of rotatable bonds is 6. The zero-order valence-corrected chi connectivity index (χ0v) is 18.8. The van der Waals surface area contributed by atoms with E-state index in [-0.39, 0.29) is 14.9 Å². The number of thiocarbonyl (C=S) groups is 1. The number of amides is 1. The lowest BCUT2D eigenvalue weighted by Gasteiger charge is -2.23. The van der Waals surface area contributed by atoms with Gasteiger partial charge in [-0.15, -0.1) is 0 Å². The number of carbonyl (C=O) groups excluding carboxylic acids is 1. The summed E-state index contributed by atoms with van der Waals surface area (Å²) in [4.78, 5) is 37.0. The number of carboxylic acid groups (broad SMARTS) is 1. The molecule has 0 bridgehead atoms. The number of thioether (sulfide) groups is 1. The third kappa shape index (κ3) is 4.43. The molecule has 2 heterocycles. The molecule has 33 heavy (non-hydrogen) atoms. The lowest BCUT2D eigenvalue weighted by atomic mass is 10.1. The molecule has 1 atom stereocenters. The van der Waals surface area contributed by atoms with Crippen molar-refractivity contribution in [3.05, 3.63) is 92.6 Å². The van der Waals surface area contributed by atoms with Crippen molar-refractivity contribution >= 4 is 51.9 Å². The van der Waals surface area contributed by atoms with Crippen LogP contribution in [0.4, 0.5) is 5.69 Å². The van der Waals surface area contributed by atoms with Crippen LogP contribution in [0.5, 0.6) is 0 Å². The number of hydrogen-bond acceptors (Lipinski definition) is 7. The molecule has 0 aliphatic carbocycles. The number of aliphatic carboxylic acids is 1. The summed E-state index contributed by atoms with van der Waals surface area (Å²) in [5, 5.41) is 21.0. The largest absolute Gasteiger partial charge is 0.479 e. The summed E-state index contributed by atoms with van der Waals surface area (Å²) in [6.07, 6.45) is 1.48. The summed E-state index contributed by atoms with van der Waals surface area (Å²) in [6.45, 7) is 1.65. The molecule has 2 aromatic carbocycles. The molecular formula is C23H16N2O6S2. The van der Waals surface area contributed by atoms with Gasteiger partial charge in [0.1, 0.15) is 15.8 Å². The maximum atomic E-state index is 13.0. The predicted octanol–water partition coefficient (Wildman–Crippen LogP) is 5.19. The number of aryl methyl sites for hydroxylation is 1. The van der Waals surface area contributed by atoms with Crippen LogP contribution in [0.1, 0.15) is 22.9 Å². The summed E-state index contributed by atoms with van der Waals surface area (Å²) < 4.78 is 5.90. The van der Waals surface area contributed by atoms with Crippen molar-refractivity contribution in [1.29, 1.82) is 0 Å². The molecule has 1 aliphatic rings. The summed E-state index contributed by atoms with van der Waals surface area (Å²) in [7, 11) is 0. The maximum Gasteiger partial charge on any atom is 0.331 e. The van der Waals surface area contributed by atoms with E-state index >= 15 is 0 Å². The molecule has 1 N–H and O–H groups in total. The monoisotopic (exact) mass is 480 g/mol. The minimum Gasteiger partial charge on any atom is -0.479 e. The number of furan rings is 1. The quantitative estimate of drug-likeness (QED) is 0.222. The molecule has 1 amide bonds. The molecule has 3 aromatic rings. The summed E-state index contributed by atoms with van der Waals surface area (Å²) in [5.41, 5.74) is 1.47. The molecule has 1 unspecified atom stereocenters. The SMILES string of the molecule is Cc1ccc(-c2ccc(C=C3SC(=S)N(C(C(=O)O)c4ccccc4)C3=O)o2)cc1[N+](=O)[O-]. The van der Waals surface area contributed by atoms with Gasteiger partial charge in [-0.05, 0) is 24.6 Å². The van der Waals surface area contributed by atoms with Gasteiger partial charge in [0.15, 0.2) is 6.04 Å². The first-order valence-corrected chi connectivity index (χ1v) is 10.9. The number of carboxylic acids is 1. The minimum atomic E-state index is -1.25. The van der Waals surface area contributed by atoms with Crippen molar-refractivity contribution in [3.63, 3.8) is 0 Å². The van der Waals surface area contributed by atoms with Crippen molar-refractivity contribution in [3.8, 4) is 11.3 Å². The summed E-state index contributed by atoms with van der Waals surface area (Å²) in [6, 6.07) is 15.2. The van der Waals surface area contributed by atoms with E-state index in [1.807, 2.05) is 0 Å². The third-order valence-corrected chi connectivity index (χ3v) is 6.35. The highest BCUT2D eigenvalue weighted by molar-refractivity contribution is 8.26. The van der Waals surface area contributed by atoms with E-state index in [2.05, 4.69) is 0 Å². The maximum absolute atomic E-state index is 13.0. The van der Waals surface area contributed by atoms with E-state index in [0.29, 0.717) is 28.2 Å². The standard InChI is InChI=1S/C23H16N2O6S2/c1-13-7-8-15(11-17(13)25(29)30)18-10-9-16(31-18)12-19-21(26)24(23(32)33-19)20(22(27)28)14-5-3-2-4-6-14/h2-12,20H,1H3,(H,27,28). The van der Waals surface area contributed by atoms with Gasteiger partial charge in [0.2, 0.25) is 0 Å². The molecule has 1 fully saturated rings. The van der Waals surface area contributed by atoms with Gasteiger partial charge >= 0.3 is 5.97 Å². The van der Waals surface area contributed by atoms with E-state index in [9.17, 15) is 24.8 Å². The van der Waals surface area contributed by atoms with Crippen molar-refractivity contribution in [2.75, 3.05) is 0 Å². The van der Waals surface area contributed by atoms with E-state index < -0.39 is 22.8 Å². The fourth-order valence-corrected chi connectivity index (χ4v) is 4.71. The second-order valence-electron chi connectivity index (χ2n) is 7.16.